The number of amides is 1. The smallest absolute Gasteiger partial charge is 0.251 e. The number of carbonyl (C=O) groups excluding carboxylic acids is 1. The molecular weight excluding hydrogens is 330 g/mol. The van der Waals surface area contributed by atoms with Gasteiger partial charge in [0.1, 0.15) is 0 Å². The minimum absolute atomic E-state index is 0.137. The quantitative estimate of drug-likeness (QED) is 0.720. The van der Waals surface area contributed by atoms with Crippen LogP contribution in [0.1, 0.15) is 42.3 Å². The minimum atomic E-state index is -0.749. The molecule has 0 aliphatic carbocycles. The third-order valence-corrected chi connectivity index (χ3v) is 4.02. The fourth-order valence-electron chi connectivity index (χ4n) is 2.42. The molecule has 0 heterocycles. The Balaban J connectivity index is 1.96. The van der Waals surface area contributed by atoms with E-state index in [1.807, 2.05) is 30.3 Å². The lowest BCUT2D eigenvalue weighted by atomic mass is 10.1. The number of methoxy groups -OCH3 is 1. The van der Waals surface area contributed by atoms with Crippen LogP contribution in [0.5, 0.6) is 11.5 Å². The van der Waals surface area contributed by atoms with E-state index in [2.05, 4.69) is 19.2 Å². The number of rotatable bonds is 9. The zero-order chi connectivity index (χ0) is 18.9. The van der Waals surface area contributed by atoms with Gasteiger partial charge in [0.05, 0.1) is 19.8 Å². The van der Waals surface area contributed by atoms with Gasteiger partial charge in [-0.25, -0.2) is 0 Å². The zero-order valence-corrected chi connectivity index (χ0v) is 15.6. The summed E-state index contributed by atoms with van der Waals surface area (Å²) >= 11 is 0. The summed E-state index contributed by atoms with van der Waals surface area (Å²) in [4.78, 5) is 12.3. The number of benzene rings is 2. The molecule has 0 fully saturated rings. The van der Waals surface area contributed by atoms with Crippen molar-refractivity contribution in [3.63, 3.8) is 0 Å². The van der Waals surface area contributed by atoms with E-state index >= 15 is 0 Å². The summed E-state index contributed by atoms with van der Waals surface area (Å²) in [5.41, 5.74) is 1.22. The summed E-state index contributed by atoms with van der Waals surface area (Å²) in [5.74, 6) is 1.42. The van der Waals surface area contributed by atoms with Gasteiger partial charge in [-0.1, -0.05) is 44.2 Å². The third-order valence-electron chi connectivity index (χ3n) is 4.02. The Morgan fingerprint density at radius 3 is 2.50 bits per heavy atom. The maximum Gasteiger partial charge on any atom is 0.251 e. The summed E-state index contributed by atoms with van der Waals surface area (Å²) in [6.07, 6.45) is 0.198. The normalized spacial score (nSPS) is 11.9. The van der Waals surface area contributed by atoms with E-state index in [1.54, 1.807) is 25.3 Å². The Hall–Kier alpha value is -2.53. The van der Waals surface area contributed by atoms with Crippen LogP contribution in [-0.2, 0) is 0 Å². The number of hydrogen-bond donors (Lipinski definition) is 2. The Kier molecular flexibility index (Phi) is 7.48. The van der Waals surface area contributed by atoms with Gasteiger partial charge < -0.3 is 19.9 Å². The molecule has 2 aromatic carbocycles. The molecule has 1 atom stereocenters. The monoisotopic (exact) mass is 357 g/mol. The molecule has 0 aromatic heterocycles. The molecule has 0 spiro atoms. The number of hydrogen-bond acceptors (Lipinski definition) is 4. The van der Waals surface area contributed by atoms with Gasteiger partial charge in [-0.2, -0.15) is 0 Å². The molecular formula is C21H27NO4. The largest absolute Gasteiger partial charge is 0.493 e. The van der Waals surface area contributed by atoms with Gasteiger partial charge in [-0.05, 0) is 36.1 Å². The number of carbonyl (C=O) groups is 1. The molecule has 0 bridgehead atoms. The molecule has 0 radical (unpaired) electrons. The van der Waals surface area contributed by atoms with E-state index in [0.29, 0.717) is 29.6 Å². The number of nitrogens with one attached hydrogen (secondary N) is 1. The van der Waals surface area contributed by atoms with Crippen molar-refractivity contribution in [2.24, 2.45) is 5.92 Å². The van der Waals surface area contributed by atoms with Crippen LogP contribution in [0.3, 0.4) is 0 Å². The summed E-state index contributed by atoms with van der Waals surface area (Å²) in [6, 6.07) is 14.3. The van der Waals surface area contributed by atoms with Gasteiger partial charge in [0.2, 0.25) is 0 Å². The highest BCUT2D eigenvalue weighted by Crippen LogP contribution is 2.28. The zero-order valence-electron chi connectivity index (χ0n) is 15.6. The number of aliphatic hydroxyl groups excluding tert-OH is 1. The standard InChI is InChI=1S/C21H27NO4/c1-15(2)11-12-26-19-10-9-17(13-20(19)25-3)21(24)22-14-18(23)16-7-5-4-6-8-16/h4-10,13,15,18,23H,11-12,14H2,1-3H3,(H,22,24). The molecule has 0 aliphatic rings. The van der Waals surface area contributed by atoms with Crippen molar-refractivity contribution < 1.29 is 19.4 Å². The molecule has 5 nitrogen and oxygen atoms in total. The average Bonchev–Trinajstić information content (AvgIpc) is 2.66. The van der Waals surface area contributed by atoms with Gasteiger partial charge >= 0.3 is 0 Å². The van der Waals surface area contributed by atoms with Crippen LogP contribution in [0.15, 0.2) is 48.5 Å². The summed E-state index contributed by atoms with van der Waals surface area (Å²) in [6.45, 7) is 5.01. The average molecular weight is 357 g/mol. The molecule has 2 aromatic rings. The minimum Gasteiger partial charge on any atom is -0.493 e. The lowest BCUT2D eigenvalue weighted by molar-refractivity contribution is 0.0916. The number of ether oxygens (including phenoxy) is 2. The highest BCUT2D eigenvalue weighted by atomic mass is 16.5. The highest BCUT2D eigenvalue weighted by Gasteiger charge is 2.13. The molecule has 0 saturated carbocycles. The van der Waals surface area contributed by atoms with Crippen LogP contribution >= 0.6 is 0 Å². The summed E-state index contributed by atoms with van der Waals surface area (Å²) in [5, 5.41) is 12.9. The van der Waals surface area contributed by atoms with Crippen molar-refractivity contribution in [3.8, 4) is 11.5 Å². The number of aliphatic hydroxyl groups is 1. The molecule has 5 heteroatoms. The molecule has 26 heavy (non-hydrogen) atoms. The van der Waals surface area contributed by atoms with Crippen LogP contribution < -0.4 is 14.8 Å². The second kappa shape index (κ2) is 9.82. The lowest BCUT2D eigenvalue weighted by Gasteiger charge is -2.14. The molecule has 0 aliphatic heterocycles. The van der Waals surface area contributed by atoms with Gasteiger partial charge in [0.15, 0.2) is 11.5 Å². The first-order valence-electron chi connectivity index (χ1n) is 8.83. The molecule has 0 saturated heterocycles. The van der Waals surface area contributed by atoms with Crippen molar-refractivity contribution in [3.05, 3.63) is 59.7 Å². The first-order valence-corrected chi connectivity index (χ1v) is 8.83. The van der Waals surface area contributed by atoms with Crippen molar-refractivity contribution in [2.45, 2.75) is 26.4 Å². The van der Waals surface area contributed by atoms with Crippen molar-refractivity contribution in [1.82, 2.24) is 5.32 Å². The Morgan fingerprint density at radius 1 is 1.12 bits per heavy atom. The Morgan fingerprint density at radius 2 is 1.85 bits per heavy atom. The predicted molar refractivity (Wildman–Crippen MR) is 102 cm³/mol. The highest BCUT2D eigenvalue weighted by molar-refractivity contribution is 5.94. The second-order valence-corrected chi connectivity index (χ2v) is 6.53. The van der Waals surface area contributed by atoms with Crippen LogP contribution in [0.25, 0.3) is 0 Å². The maximum absolute atomic E-state index is 12.3. The third kappa shape index (κ3) is 5.77. The molecule has 2 N–H and O–H groups in total. The second-order valence-electron chi connectivity index (χ2n) is 6.53. The molecule has 2 rings (SSSR count). The summed E-state index contributed by atoms with van der Waals surface area (Å²) < 4.78 is 11.1. The van der Waals surface area contributed by atoms with E-state index in [0.717, 1.165) is 12.0 Å². The fraction of sp³-hybridized carbons (Fsp3) is 0.381. The summed E-state index contributed by atoms with van der Waals surface area (Å²) in [7, 11) is 1.55. The van der Waals surface area contributed by atoms with E-state index in [-0.39, 0.29) is 12.5 Å². The van der Waals surface area contributed by atoms with Crippen LogP contribution in [0, 0.1) is 5.92 Å². The van der Waals surface area contributed by atoms with Gasteiger partial charge in [0, 0.05) is 12.1 Å². The molecule has 140 valence electrons. The van der Waals surface area contributed by atoms with E-state index in [1.165, 1.54) is 0 Å². The Labute approximate surface area is 155 Å². The van der Waals surface area contributed by atoms with Gasteiger partial charge in [-0.15, -0.1) is 0 Å². The van der Waals surface area contributed by atoms with E-state index in [4.69, 9.17) is 9.47 Å². The molecule has 1 unspecified atom stereocenters. The van der Waals surface area contributed by atoms with Crippen LogP contribution in [0.2, 0.25) is 0 Å². The van der Waals surface area contributed by atoms with Crippen molar-refractivity contribution >= 4 is 5.91 Å². The maximum atomic E-state index is 12.3. The van der Waals surface area contributed by atoms with Crippen molar-refractivity contribution in [2.75, 3.05) is 20.3 Å². The van der Waals surface area contributed by atoms with Crippen LogP contribution in [0.4, 0.5) is 0 Å². The van der Waals surface area contributed by atoms with E-state index in [9.17, 15) is 9.90 Å². The molecule has 1 amide bonds. The first-order chi connectivity index (χ1) is 12.5. The predicted octanol–water partition coefficient (Wildman–Crippen LogP) is 3.58. The van der Waals surface area contributed by atoms with E-state index < -0.39 is 6.10 Å². The van der Waals surface area contributed by atoms with Gasteiger partial charge in [0.25, 0.3) is 5.91 Å². The lowest BCUT2D eigenvalue weighted by Crippen LogP contribution is -2.28. The fourth-order valence-corrected chi connectivity index (χ4v) is 2.42. The Bertz CT molecular complexity index is 700. The van der Waals surface area contributed by atoms with Crippen LogP contribution in [-0.4, -0.2) is 31.3 Å². The van der Waals surface area contributed by atoms with Gasteiger partial charge in [-0.3, -0.25) is 4.79 Å². The van der Waals surface area contributed by atoms with Crippen molar-refractivity contribution in [1.29, 1.82) is 0 Å². The topological polar surface area (TPSA) is 67.8 Å². The SMILES string of the molecule is COc1cc(C(=O)NCC(O)c2ccccc2)ccc1OCCC(C)C. The first kappa shape index (κ1) is 19.8.